The zero-order chi connectivity index (χ0) is 34.3. The number of unbranched alkanes of at least 4 members (excludes halogenated alkanes) is 2. The normalized spacial score (nSPS) is 23.4. The van der Waals surface area contributed by atoms with Gasteiger partial charge in [-0.15, -0.1) is 0 Å². The van der Waals surface area contributed by atoms with Crippen LogP contribution in [-0.4, -0.2) is 36.9 Å². The second-order valence-electron chi connectivity index (χ2n) is 15.1. The minimum atomic E-state index is -0.621. The number of ether oxygens (including phenoxy) is 2. The molecule has 3 aliphatic carbocycles. The smallest absolute Gasteiger partial charge is 0.335 e. The fraction of sp³-hybridized carbons (Fsp3) is 0.628. The van der Waals surface area contributed by atoms with Gasteiger partial charge in [-0.05, 0) is 125 Å². The summed E-state index contributed by atoms with van der Waals surface area (Å²) < 4.78 is 10.7. The third kappa shape index (κ3) is 12.2. The van der Waals surface area contributed by atoms with Gasteiger partial charge in [-0.25, -0.2) is 9.59 Å². The third-order valence-corrected chi connectivity index (χ3v) is 11.3. The van der Waals surface area contributed by atoms with Crippen molar-refractivity contribution in [1.82, 2.24) is 0 Å². The van der Waals surface area contributed by atoms with Crippen LogP contribution in [0.1, 0.15) is 134 Å². The fourth-order valence-electron chi connectivity index (χ4n) is 8.11. The highest BCUT2D eigenvalue weighted by Gasteiger charge is 2.31. The molecule has 0 amide bonds. The van der Waals surface area contributed by atoms with E-state index < -0.39 is 18.5 Å². The molecule has 0 bridgehead atoms. The molecule has 1 aromatic rings. The summed E-state index contributed by atoms with van der Waals surface area (Å²) in [5, 5.41) is 9.16. The Bertz CT molecular complexity index is 1250. The van der Waals surface area contributed by atoms with Gasteiger partial charge in [0.05, 0.1) is 25.4 Å². The Morgan fingerprint density at radius 3 is 2.00 bits per heavy atom. The van der Waals surface area contributed by atoms with Gasteiger partial charge < -0.3 is 14.6 Å². The number of benzene rings is 1. The Morgan fingerprint density at radius 2 is 1.42 bits per heavy atom. The van der Waals surface area contributed by atoms with Crippen molar-refractivity contribution in [2.24, 2.45) is 23.7 Å². The summed E-state index contributed by atoms with van der Waals surface area (Å²) in [6.45, 7) is 10.9. The summed E-state index contributed by atoms with van der Waals surface area (Å²) >= 11 is 0. The summed E-state index contributed by atoms with van der Waals surface area (Å²) in [6.07, 6.45) is 26.1. The van der Waals surface area contributed by atoms with Gasteiger partial charge in [0.15, 0.2) is 0 Å². The Hall–Kier alpha value is -2.92. The molecule has 1 N–H and O–H groups in total. The maximum absolute atomic E-state index is 12.0. The lowest BCUT2D eigenvalue weighted by molar-refractivity contribution is -0.144. The first kappa shape index (κ1) is 37.9. The zero-order valence-corrected chi connectivity index (χ0v) is 30.0. The molecule has 1 atom stereocenters. The number of hydrogen-bond acceptors (Lipinski definition) is 5. The topological polar surface area (TPSA) is 72.8 Å². The maximum atomic E-state index is 12.0. The van der Waals surface area contributed by atoms with E-state index >= 15 is 0 Å². The van der Waals surface area contributed by atoms with Crippen molar-refractivity contribution < 1.29 is 24.2 Å². The average Bonchev–Trinajstić information content (AvgIpc) is 3.12. The van der Waals surface area contributed by atoms with Crippen LogP contribution in [0, 0.1) is 23.7 Å². The van der Waals surface area contributed by atoms with Crippen LogP contribution < -0.4 is 0 Å². The predicted octanol–water partition coefficient (Wildman–Crippen LogP) is 10.1. The first-order valence-electron chi connectivity index (χ1n) is 19.0. The van der Waals surface area contributed by atoms with Crippen molar-refractivity contribution in [1.29, 1.82) is 0 Å². The second kappa shape index (κ2) is 19.9. The molecule has 1 aromatic carbocycles. The van der Waals surface area contributed by atoms with Crippen LogP contribution in [0.5, 0.6) is 0 Å². The SMILES string of the molecule is C=C(C)C(=O)OCC(COC(=O)C(=C)CO)CC1=CC=C(CCC2CCC(C3CCC(c4ccc(CCCCC)cc4)CC3)CC2)CC1. The Kier molecular flexibility index (Phi) is 15.7. The number of aliphatic hydroxyl groups excluding tert-OH is 1. The van der Waals surface area contributed by atoms with Gasteiger partial charge in [0.1, 0.15) is 0 Å². The number of hydrogen-bond donors (Lipinski definition) is 1. The highest BCUT2D eigenvalue weighted by Crippen LogP contribution is 2.45. The minimum absolute atomic E-state index is 0.0165. The maximum Gasteiger partial charge on any atom is 0.335 e. The first-order valence-corrected chi connectivity index (χ1v) is 19.0. The van der Waals surface area contributed by atoms with E-state index in [9.17, 15) is 9.59 Å². The van der Waals surface area contributed by atoms with Crippen molar-refractivity contribution in [2.75, 3.05) is 19.8 Å². The summed E-state index contributed by atoms with van der Waals surface area (Å²) in [7, 11) is 0. The molecule has 3 aliphatic rings. The molecule has 4 rings (SSSR count). The van der Waals surface area contributed by atoms with Gasteiger partial charge in [-0.2, -0.15) is 0 Å². The number of carbonyl (C=O) groups excluding carboxylic acids is 2. The van der Waals surface area contributed by atoms with Gasteiger partial charge in [0, 0.05) is 11.5 Å². The molecule has 0 radical (unpaired) electrons. The van der Waals surface area contributed by atoms with E-state index in [0.717, 1.165) is 36.5 Å². The Labute approximate surface area is 291 Å². The molecule has 264 valence electrons. The lowest BCUT2D eigenvalue weighted by atomic mass is 9.68. The van der Waals surface area contributed by atoms with E-state index in [1.807, 2.05) is 0 Å². The molecule has 0 heterocycles. The van der Waals surface area contributed by atoms with Crippen LogP contribution in [-0.2, 0) is 25.5 Å². The second-order valence-corrected chi connectivity index (χ2v) is 15.1. The van der Waals surface area contributed by atoms with E-state index in [-0.39, 0.29) is 24.7 Å². The largest absolute Gasteiger partial charge is 0.462 e. The molecule has 1 unspecified atom stereocenters. The predicted molar refractivity (Wildman–Crippen MR) is 196 cm³/mol. The highest BCUT2D eigenvalue weighted by molar-refractivity contribution is 5.88. The quantitative estimate of drug-likeness (QED) is 0.0966. The molecule has 2 saturated carbocycles. The summed E-state index contributed by atoms with van der Waals surface area (Å²) in [4.78, 5) is 24.0. The summed E-state index contributed by atoms with van der Waals surface area (Å²) in [6, 6.07) is 9.63. The van der Waals surface area contributed by atoms with Crippen LogP contribution in [0.15, 0.2) is 71.9 Å². The standard InChI is InChI=1S/C43H62O5/c1-5-6-7-8-33-15-19-38(20-16-33)40-23-25-41(26-24-40)39-21-17-35(18-22-39)10-9-34-11-13-36(14-12-34)27-37(29-47-42(45)31(2)3)30-48-43(46)32(4)28-44/h11,13,15-16,19-20,35,37,39-41,44H,2,4-10,12,14,17-18,21-30H2,1,3H3. The molecule has 5 nitrogen and oxygen atoms in total. The Morgan fingerprint density at radius 1 is 0.812 bits per heavy atom. The number of aryl methyl sites for hydroxylation is 1. The van der Waals surface area contributed by atoms with Crippen molar-refractivity contribution in [3.63, 3.8) is 0 Å². The zero-order valence-electron chi connectivity index (χ0n) is 30.0. The van der Waals surface area contributed by atoms with Crippen molar-refractivity contribution in [2.45, 2.75) is 129 Å². The minimum Gasteiger partial charge on any atom is -0.462 e. The lowest BCUT2D eigenvalue weighted by Crippen LogP contribution is -2.25. The van der Waals surface area contributed by atoms with Crippen molar-refractivity contribution in [3.05, 3.63) is 83.0 Å². The molecule has 0 aromatic heterocycles. The van der Waals surface area contributed by atoms with E-state index in [1.54, 1.807) is 12.5 Å². The Balaban J connectivity index is 1.16. The van der Waals surface area contributed by atoms with Gasteiger partial charge in [-0.3, -0.25) is 0 Å². The van der Waals surface area contributed by atoms with Crippen LogP contribution in [0.4, 0.5) is 0 Å². The number of allylic oxidation sites excluding steroid dienone is 4. The van der Waals surface area contributed by atoms with Crippen LogP contribution in [0.3, 0.4) is 0 Å². The van der Waals surface area contributed by atoms with Crippen molar-refractivity contribution >= 4 is 11.9 Å². The van der Waals surface area contributed by atoms with Crippen LogP contribution >= 0.6 is 0 Å². The van der Waals surface area contributed by atoms with Gasteiger partial charge in [-0.1, -0.05) is 93.3 Å². The van der Waals surface area contributed by atoms with E-state index in [0.29, 0.717) is 12.0 Å². The first-order chi connectivity index (χ1) is 23.2. The molecule has 0 aliphatic heterocycles. The van der Waals surface area contributed by atoms with Gasteiger partial charge in [0.2, 0.25) is 0 Å². The average molecular weight is 659 g/mol. The fourth-order valence-corrected chi connectivity index (χ4v) is 8.11. The molecule has 0 saturated heterocycles. The van der Waals surface area contributed by atoms with E-state index in [2.05, 4.69) is 56.5 Å². The highest BCUT2D eigenvalue weighted by atomic mass is 16.5. The third-order valence-electron chi connectivity index (χ3n) is 11.3. The summed E-state index contributed by atoms with van der Waals surface area (Å²) in [5.74, 6) is 2.26. The molecular weight excluding hydrogens is 596 g/mol. The van der Waals surface area contributed by atoms with Crippen LogP contribution in [0.2, 0.25) is 0 Å². The van der Waals surface area contributed by atoms with Gasteiger partial charge >= 0.3 is 11.9 Å². The monoisotopic (exact) mass is 658 g/mol. The molecule has 48 heavy (non-hydrogen) atoms. The number of aliphatic hydroxyl groups is 1. The van der Waals surface area contributed by atoms with Gasteiger partial charge in [0.25, 0.3) is 0 Å². The summed E-state index contributed by atoms with van der Waals surface area (Å²) in [5.41, 5.74) is 6.25. The lowest BCUT2D eigenvalue weighted by Gasteiger charge is -2.38. The van der Waals surface area contributed by atoms with Crippen molar-refractivity contribution in [3.8, 4) is 0 Å². The molecule has 2 fully saturated rings. The van der Waals surface area contributed by atoms with E-state index in [1.165, 1.54) is 107 Å². The van der Waals surface area contributed by atoms with Crippen LogP contribution in [0.25, 0.3) is 0 Å². The number of rotatable bonds is 18. The molecule has 5 heteroatoms. The van der Waals surface area contributed by atoms with E-state index in [4.69, 9.17) is 14.6 Å². The molecular formula is C43H62O5. The number of esters is 2. The number of carbonyl (C=O) groups is 2. The molecule has 0 spiro atoms.